The van der Waals surface area contributed by atoms with Gasteiger partial charge in [-0.05, 0) is 30.3 Å². The number of amides is 2. The molecular weight excluding hydrogens is 347 g/mol. The summed E-state index contributed by atoms with van der Waals surface area (Å²) in [6.45, 7) is 0. The maximum atomic E-state index is 13.1. The molecule has 0 fully saturated rings. The van der Waals surface area contributed by atoms with Gasteiger partial charge in [0.2, 0.25) is 5.82 Å². The molecule has 0 aliphatic rings. The highest BCUT2D eigenvalue weighted by molar-refractivity contribution is 6.31. The van der Waals surface area contributed by atoms with Gasteiger partial charge in [-0.15, -0.1) is 0 Å². The summed E-state index contributed by atoms with van der Waals surface area (Å²) in [6, 6.07) is 12.0. The second-order valence-electron chi connectivity index (χ2n) is 4.99. The van der Waals surface area contributed by atoms with Crippen LogP contribution in [-0.2, 0) is 0 Å². The first kappa shape index (κ1) is 16.7. The first-order valence-electron chi connectivity index (χ1n) is 7.21. The van der Waals surface area contributed by atoms with Gasteiger partial charge in [-0.2, -0.15) is 0 Å². The number of halogens is 2. The van der Waals surface area contributed by atoms with Gasteiger partial charge >= 0.3 is 6.03 Å². The molecule has 25 heavy (non-hydrogen) atoms. The molecule has 3 rings (SSSR count). The molecule has 2 N–H and O–H groups in total. The standard InChI is InChI=1S/C17H12ClFN4O2/c18-13-10-11(6-7-14(13)19)21-17(25)22-15-16(24)23(9-8-20-15)12-4-2-1-3-5-12/h1-10H,(H2,20,21,22,25). The number of nitrogens with one attached hydrogen (secondary N) is 2. The van der Waals surface area contributed by atoms with E-state index >= 15 is 0 Å². The third-order valence-corrected chi connectivity index (χ3v) is 3.57. The van der Waals surface area contributed by atoms with Crippen LogP contribution in [0, 0.1) is 5.82 Å². The molecule has 1 heterocycles. The van der Waals surface area contributed by atoms with Crippen LogP contribution in [0.5, 0.6) is 0 Å². The molecule has 0 radical (unpaired) electrons. The van der Waals surface area contributed by atoms with Crippen LogP contribution in [0.4, 0.5) is 20.7 Å². The molecular formula is C17H12ClFN4O2. The second kappa shape index (κ2) is 7.14. The predicted molar refractivity (Wildman–Crippen MR) is 93.9 cm³/mol. The molecule has 0 spiro atoms. The van der Waals surface area contributed by atoms with Crippen molar-refractivity contribution in [1.82, 2.24) is 9.55 Å². The highest BCUT2D eigenvalue weighted by Gasteiger charge is 2.11. The number of urea groups is 1. The van der Waals surface area contributed by atoms with E-state index in [9.17, 15) is 14.0 Å². The SMILES string of the molecule is O=C(Nc1ccc(F)c(Cl)c1)Nc1nccn(-c2ccccc2)c1=O. The van der Waals surface area contributed by atoms with Crippen molar-refractivity contribution in [2.24, 2.45) is 0 Å². The van der Waals surface area contributed by atoms with Crippen molar-refractivity contribution < 1.29 is 9.18 Å². The molecule has 0 atom stereocenters. The van der Waals surface area contributed by atoms with Gasteiger partial charge in [-0.1, -0.05) is 29.8 Å². The molecule has 0 aliphatic heterocycles. The summed E-state index contributed by atoms with van der Waals surface area (Å²) in [5, 5.41) is 4.70. The average Bonchev–Trinajstić information content (AvgIpc) is 2.61. The maximum Gasteiger partial charge on any atom is 0.325 e. The van der Waals surface area contributed by atoms with Crippen LogP contribution >= 0.6 is 11.6 Å². The number of hydrogen-bond acceptors (Lipinski definition) is 3. The van der Waals surface area contributed by atoms with Crippen LogP contribution in [0.1, 0.15) is 0 Å². The summed E-state index contributed by atoms with van der Waals surface area (Å²) in [5.41, 5.74) is 0.438. The maximum absolute atomic E-state index is 13.1. The summed E-state index contributed by atoms with van der Waals surface area (Å²) in [6.07, 6.45) is 2.90. The van der Waals surface area contributed by atoms with Gasteiger partial charge in [0.15, 0.2) is 0 Å². The minimum atomic E-state index is -0.696. The third kappa shape index (κ3) is 3.84. The monoisotopic (exact) mass is 358 g/mol. The Bertz CT molecular complexity index is 976. The number of para-hydroxylation sites is 1. The Hall–Kier alpha value is -3.19. The molecule has 2 aromatic carbocycles. The fourth-order valence-corrected chi connectivity index (χ4v) is 2.31. The molecule has 1 aromatic heterocycles. The molecule has 0 aliphatic carbocycles. The molecule has 2 amide bonds. The molecule has 0 saturated carbocycles. The molecule has 0 unspecified atom stereocenters. The minimum Gasteiger partial charge on any atom is -0.308 e. The van der Waals surface area contributed by atoms with Gasteiger partial charge in [0.05, 0.1) is 5.02 Å². The van der Waals surface area contributed by atoms with Gasteiger partial charge in [0, 0.05) is 23.8 Å². The number of carbonyl (C=O) groups is 1. The van der Waals surface area contributed by atoms with Gasteiger partial charge in [0.1, 0.15) is 5.82 Å². The molecule has 6 nitrogen and oxygen atoms in total. The minimum absolute atomic E-state index is 0.123. The number of aromatic nitrogens is 2. The van der Waals surface area contributed by atoms with Crippen LogP contribution < -0.4 is 16.2 Å². The largest absolute Gasteiger partial charge is 0.325 e. The zero-order valence-electron chi connectivity index (χ0n) is 12.7. The van der Waals surface area contributed by atoms with E-state index in [0.29, 0.717) is 5.69 Å². The fraction of sp³-hybridized carbons (Fsp3) is 0. The van der Waals surface area contributed by atoms with Crippen molar-refractivity contribution in [3.05, 3.63) is 82.1 Å². The van der Waals surface area contributed by atoms with Gasteiger partial charge in [0.25, 0.3) is 5.56 Å². The Morgan fingerprint density at radius 3 is 2.60 bits per heavy atom. The number of rotatable bonds is 3. The molecule has 0 saturated heterocycles. The smallest absolute Gasteiger partial charge is 0.308 e. The molecule has 0 bridgehead atoms. The Balaban J connectivity index is 1.80. The number of anilines is 2. The Labute approximate surface area is 146 Å². The fourth-order valence-electron chi connectivity index (χ4n) is 2.13. The first-order chi connectivity index (χ1) is 12.0. The van der Waals surface area contributed by atoms with E-state index in [0.717, 1.165) is 6.07 Å². The number of nitrogens with zero attached hydrogens (tertiary/aromatic N) is 2. The van der Waals surface area contributed by atoms with E-state index in [4.69, 9.17) is 11.6 Å². The quantitative estimate of drug-likeness (QED) is 0.750. The third-order valence-electron chi connectivity index (χ3n) is 3.28. The Morgan fingerprint density at radius 2 is 1.88 bits per heavy atom. The predicted octanol–water partition coefficient (Wildman–Crippen LogP) is 3.67. The number of benzene rings is 2. The van der Waals surface area contributed by atoms with Crippen molar-refractivity contribution >= 4 is 29.1 Å². The van der Waals surface area contributed by atoms with E-state index < -0.39 is 17.4 Å². The molecule has 3 aromatic rings. The Kier molecular flexibility index (Phi) is 4.76. The summed E-state index contributed by atoms with van der Waals surface area (Å²) < 4.78 is 14.5. The topological polar surface area (TPSA) is 76.0 Å². The van der Waals surface area contributed by atoms with E-state index in [1.165, 1.54) is 29.1 Å². The molecule has 126 valence electrons. The summed E-state index contributed by atoms with van der Waals surface area (Å²) in [7, 11) is 0. The van der Waals surface area contributed by atoms with E-state index in [1.807, 2.05) is 6.07 Å². The first-order valence-corrected chi connectivity index (χ1v) is 7.58. The van der Waals surface area contributed by atoms with Crippen LogP contribution in [0.3, 0.4) is 0 Å². The van der Waals surface area contributed by atoms with Crippen LogP contribution in [0.25, 0.3) is 5.69 Å². The van der Waals surface area contributed by atoms with Gasteiger partial charge in [-0.3, -0.25) is 14.7 Å². The zero-order chi connectivity index (χ0) is 17.8. The number of hydrogen-bond donors (Lipinski definition) is 2. The van der Waals surface area contributed by atoms with Crippen molar-refractivity contribution in [3.63, 3.8) is 0 Å². The van der Waals surface area contributed by atoms with Crippen LogP contribution in [0.2, 0.25) is 5.02 Å². The second-order valence-corrected chi connectivity index (χ2v) is 5.40. The lowest BCUT2D eigenvalue weighted by molar-refractivity contribution is 0.262. The summed E-state index contributed by atoms with van der Waals surface area (Å²) >= 11 is 5.66. The highest BCUT2D eigenvalue weighted by atomic mass is 35.5. The van der Waals surface area contributed by atoms with E-state index in [1.54, 1.807) is 24.3 Å². The zero-order valence-corrected chi connectivity index (χ0v) is 13.5. The summed E-state index contributed by atoms with van der Waals surface area (Å²) in [5.74, 6) is -0.736. The van der Waals surface area contributed by atoms with Gasteiger partial charge < -0.3 is 5.32 Å². The number of carbonyl (C=O) groups excluding carboxylic acids is 1. The van der Waals surface area contributed by atoms with Crippen molar-refractivity contribution in [3.8, 4) is 5.69 Å². The van der Waals surface area contributed by atoms with E-state index in [2.05, 4.69) is 15.6 Å². The normalized spacial score (nSPS) is 10.3. The Morgan fingerprint density at radius 1 is 1.12 bits per heavy atom. The van der Waals surface area contributed by atoms with E-state index in [-0.39, 0.29) is 16.5 Å². The van der Waals surface area contributed by atoms with Crippen molar-refractivity contribution in [1.29, 1.82) is 0 Å². The van der Waals surface area contributed by atoms with Crippen molar-refractivity contribution in [2.75, 3.05) is 10.6 Å². The lowest BCUT2D eigenvalue weighted by Crippen LogP contribution is -2.28. The molecule has 8 heteroatoms. The average molecular weight is 359 g/mol. The lowest BCUT2D eigenvalue weighted by Gasteiger charge is -2.09. The van der Waals surface area contributed by atoms with Crippen LogP contribution in [-0.4, -0.2) is 15.6 Å². The highest BCUT2D eigenvalue weighted by Crippen LogP contribution is 2.19. The summed E-state index contributed by atoms with van der Waals surface area (Å²) in [4.78, 5) is 28.4. The lowest BCUT2D eigenvalue weighted by atomic mass is 10.3. The van der Waals surface area contributed by atoms with Crippen LogP contribution in [0.15, 0.2) is 65.7 Å². The van der Waals surface area contributed by atoms with Crippen molar-refractivity contribution in [2.45, 2.75) is 0 Å². The van der Waals surface area contributed by atoms with Gasteiger partial charge in [-0.25, -0.2) is 14.2 Å².